The molecule has 1 aromatic heterocycles. The van der Waals surface area contributed by atoms with Gasteiger partial charge < -0.3 is 10.2 Å². The predicted octanol–water partition coefficient (Wildman–Crippen LogP) is 2.98. The van der Waals surface area contributed by atoms with Crippen LogP contribution in [0.15, 0.2) is 36.5 Å². The summed E-state index contributed by atoms with van der Waals surface area (Å²) in [5.41, 5.74) is 1.39. The molecule has 1 aliphatic rings. The number of halogens is 1. The van der Waals surface area contributed by atoms with Gasteiger partial charge in [0.25, 0.3) is 5.91 Å². The first-order chi connectivity index (χ1) is 14.2. The molecule has 2 aromatic rings. The first kappa shape index (κ1) is 21.3. The highest BCUT2D eigenvalue weighted by Gasteiger charge is 2.39. The molecule has 0 unspecified atom stereocenters. The number of anilines is 1. The van der Waals surface area contributed by atoms with E-state index in [0.29, 0.717) is 16.3 Å². The van der Waals surface area contributed by atoms with Crippen molar-refractivity contribution < 1.29 is 9.59 Å². The molecule has 0 radical (unpaired) electrons. The number of nitrogens with one attached hydrogen (secondary N) is 2. The van der Waals surface area contributed by atoms with Crippen molar-refractivity contribution in [2.75, 3.05) is 19.0 Å². The summed E-state index contributed by atoms with van der Waals surface area (Å²) in [6.45, 7) is 3.55. The lowest BCUT2D eigenvalue weighted by Crippen LogP contribution is -2.58. The van der Waals surface area contributed by atoms with Gasteiger partial charge in [0.1, 0.15) is 5.69 Å². The van der Waals surface area contributed by atoms with Gasteiger partial charge in [-0.05, 0) is 49.7 Å². The quantitative estimate of drug-likeness (QED) is 0.743. The van der Waals surface area contributed by atoms with Crippen LogP contribution in [0.5, 0.6) is 0 Å². The van der Waals surface area contributed by atoms with Crippen LogP contribution in [0, 0.1) is 17.3 Å². The van der Waals surface area contributed by atoms with Crippen molar-refractivity contribution in [1.82, 2.24) is 15.2 Å². The molecule has 0 saturated carbocycles. The minimum atomic E-state index is -0.865. The number of amides is 2. The third-order valence-electron chi connectivity index (χ3n) is 5.10. The Morgan fingerprint density at radius 1 is 1.37 bits per heavy atom. The number of guanidine groups is 1. The molecule has 30 heavy (non-hydrogen) atoms. The molecule has 1 saturated heterocycles. The van der Waals surface area contributed by atoms with E-state index in [1.807, 2.05) is 6.92 Å². The van der Waals surface area contributed by atoms with Gasteiger partial charge in [0.2, 0.25) is 5.91 Å². The van der Waals surface area contributed by atoms with Crippen LogP contribution in [0.1, 0.15) is 41.9 Å². The zero-order valence-corrected chi connectivity index (χ0v) is 18.0. The molecule has 1 fully saturated rings. The Labute approximate surface area is 180 Å². The molecule has 3 rings (SSSR count). The zero-order chi connectivity index (χ0) is 22.1. The lowest BCUT2D eigenvalue weighted by molar-refractivity contribution is -0.129. The SMILES string of the molecule is CC#Cc1ccc(C(=O)N(C)c2ccc(Cl)c([C@]3(C)CC(=O)N(C)C(=N)N3)c2)nc1. The van der Waals surface area contributed by atoms with E-state index in [9.17, 15) is 9.59 Å². The second-order valence-corrected chi connectivity index (χ2v) is 7.68. The van der Waals surface area contributed by atoms with Gasteiger partial charge in [0.15, 0.2) is 5.96 Å². The van der Waals surface area contributed by atoms with E-state index in [2.05, 4.69) is 22.1 Å². The molecule has 8 heteroatoms. The Morgan fingerprint density at radius 3 is 2.70 bits per heavy atom. The van der Waals surface area contributed by atoms with Crippen LogP contribution in [0.25, 0.3) is 0 Å². The number of carbonyl (C=O) groups is 2. The van der Waals surface area contributed by atoms with E-state index in [1.165, 1.54) is 9.80 Å². The van der Waals surface area contributed by atoms with Gasteiger partial charge in [-0.1, -0.05) is 17.5 Å². The second-order valence-electron chi connectivity index (χ2n) is 7.27. The number of hydrogen-bond acceptors (Lipinski definition) is 4. The fourth-order valence-corrected chi connectivity index (χ4v) is 3.60. The number of carbonyl (C=O) groups excluding carboxylic acids is 2. The summed E-state index contributed by atoms with van der Waals surface area (Å²) in [5.74, 6) is 5.21. The Hall–Kier alpha value is -3.37. The fraction of sp³-hybridized carbons (Fsp3) is 0.273. The van der Waals surface area contributed by atoms with Gasteiger partial charge >= 0.3 is 0 Å². The normalized spacial score (nSPS) is 18.4. The number of aromatic nitrogens is 1. The van der Waals surface area contributed by atoms with Crippen molar-refractivity contribution in [2.24, 2.45) is 0 Å². The van der Waals surface area contributed by atoms with Crippen molar-refractivity contribution in [1.29, 1.82) is 5.41 Å². The van der Waals surface area contributed by atoms with Gasteiger partial charge in [0, 0.05) is 36.6 Å². The zero-order valence-electron chi connectivity index (χ0n) is 17.2. The van der Waals surface area contributed by atoms with Crippen molar-refractivity contribution in [2.45, 2.75) is 25.8 Å². The van der Waals surface area contributed by atoms with Gasteiger partial charge in [-0.2, -0.15) is 0 Å². The van der Waals surface area contributed by atoms with Crippen LogP contribution < -0.4 is 10.2 Å². The van der Waals surface area contributed by atoms with E-state index in [0.717, 1.165) is 5.56 Å². The Kier molecular flexibility index (Phi) is 5.81. The van der Waals surface area contributed by atoms with Gasteiger partial charge in [-0.15, -0.1) is 5.92 Å². The van der Waals surface area contributed by atoms with E-state index in [1.54, 1.807) is 57.5 Å². The molecular formula is C22H22ClN5O2. The second kappa shape index (κ2) is 8.17. The molecule has 0 aliphatic carbocycles. The Morgan fingerprint density at radius 2 is 2.10 bits per heavy atom. The number of rotatable bonds is 3. The van der Waals surface area contributed by atoms with E-state index >= 15 is 0 Å². The summed E-state index contributed by atoms with van der Waals surface area (Å²) in [5, 5.41) is 11.5. The van der Waals surface area contributed by atoms with Crippen LogP contribution in [0.3, 0.4) is 0 Å². The molecule has 1 aliphatic heterocycles. The summed E-state index contributed by atoms with van der Waals surface area (Å²) in [4.78, 5) is 32.1. The van der Waals surface area contributed by atoms with Crippen molar-refractivity contribution in [3.8, 4) is 11.8 Å². The molecule has 1 aromatic carbocycles. The minimum absolute atomic E-state index is 0.000816. The topological polar surface area (TPSA) is 89.4 Å². The number of benzene rings is 1. The first-order valence-electron chi connectivity index (χ1n) is 9.26. The lowest BCUT2D eigenvalue weighted by atomic mass is 9.86. The highest BCUT2D eigenvalue weighted by molar-refractivity contribution is 6.31. The summed E-state index contributed by atoms with van der Waals surface area (Å²) >= 11 is 6.44. The lowest BCUT2D eigenvalue weighted by Gasteiger charge is -2.40. The summed E-state index contributed by atoms with van der Waals surface area (Å²) in [7, 11) is 3.19. The number of pyridine rings is 1. The molecule has 7 nitrogen and oxygen atoms in total. The Balaban J connectivity index is 1.92. The van der Waals surface area contributed by atoms with Crippen LogP contribution >= 0.6 is 11.6 Å². The van der Waals surface area contributed by atoms with Gasteiger partial charge in [-0.3, -0.25) is 19.9 Å². The number of hydrogen-bond donors (Lipinski definition) is 2. The summed E-state index contributed by atoms with van der Waals surface area (Å²) in [6, 6.07) is 8.55. The largest absolute Gasteiger partial charge is 0.346 e. The molecule has 2 N–H and O–H groups in total. The highest BCUT2D eigenvalue weighted by Crippen LogP contribution is 2.36. The van der Waals surface area contributed by atoms with Crippen LogP contribution in [0.2, 0.25) is 5.02 Å². The smallest absolute Gasteiger partial charge is 0.276 e. The summed E-state index contributed by atoms with van der Waals surface area (Å²) < 4.78 is 0. The standard InChI is InChI=1S/C22H22ClN5O2/c1-5-6-14-7-10-18(25-13-14)20(30)27(3)15-8-9-17(23)16(11-15)22(2)12-19(29)28(4)21(24)26-22/h7-11,13H,12H2,1-4H3,(H2,24,26)/t22-/m0/s1. The monoisotopic (exact) mass is 423 g/mol. The van der Waals surface area contributed by atoms with E-state index in [4.69, 9.17) is 17.0 Å². The molecule has 0 spiro atoms. The van der Waals surface area contributed by atoms with Gasteiger partial charge in [0.05, 0.1) is 12.0 Å². The van der Waals surface area contributed by atoms with Crippen LogP contribution in [-0.4, -0.2) is 41.8 Å². The van der Waals surface area contributed by atoms with Crippen molar-refractivity contribution >= 4 is 35.1 Å². The predicted molar refractivity (Wildman–Crippen MR) is 117 cm³/mol. The maximum Gasteiger partial charge on any atom is 0.276 e. The average molecular weight is 424 g/mol. The summed E-state index contributed by atoms with van der Waals surface area (Å²) in [6.07, 6.45) is 1.69. The molecule has 2 amide bonds. The first-order valence-corrected chi connectivity index (χ1v) is 9.64. The molecule has 154 valence electrons. The number of nitrogens with zero attached hydrogens (tertiary/aromatic N) is 3. The third-order valence-corrected chi connectivity index (χ3v) is 5.43. The molecule has 1 atom stereocenters. The highest BCUT2D eigenvalue weighted by atomic mass is 35.5. The fourth-order valence-electron chi connectivity index (χ4n) is 3.27. The maximum atomic E-state index is 12.9. The molecular weight excluding hydrogens is 402 g/mol. The molecule has 2 heterocycles. The van der Waals surface area contributed by atoms with E-state index in [-0.39, 0.29) is 29.9 Å². The Bertz CT molecular complexity index is 1070. The van der Waals surface area contributed by atoms with Crippen molar-refractivity contribution in [3.05, 3.63) is 58.4 Å². The third kappa shape index (κ3) is 4.00. The maximum absolute atomic E-state index is 12.9. The van der Waals surface area contributed by atoms with Crippen LogP contribution in [0.4, 0.5) is 5.69 Å². The van der Waals surface area contributed by atoms with Crippen molar-refractivity contribution in [3.63, 3.8) is 0 Å². The van der Waals surface area contributed by atoms with Crippen LogP contribution in [-0.2, 0) is 10.3 Å². The average Bonchev–Trinajstić information content (AvgIpc) is 2.72. The van der Waals surface area contributed by atoms with Gasteiger partial charge in [-0.25, -0.2) is 4.98 Å². The molecule has 0 bridgehead atoms. The minimum Gasteiger partial charge on any atom is -0.346 e. The van der Waals surface area contributed by atoms with E-state index < -0.39 is 5.54 Å².